The van der Waals surface area contributed by atoms with Crippen molar-refractivity contribution in [2.24, 2.45) is 0 Å². The summed E-state index contributed by atoms with van der Waals surface area (Å²) >= 11 is 0. The molecule has 0 saturated carbocycles. The van der Waals surface area contributed by atoms with Gasteiger partial charge in [0, 0.05) is 23.6 Å². The number of fused-ring (bicyclic) bond motifs is 3. The van der Waals surface area contributed by atoms with E-state index >= 15 is 0 Å². The van der Waals surface area contributed by atoms with Crippen LogP contribution in [0.15, 0.2) is 62.8 Å². The maximum absolute atomic E-state index is 12.1. The van der Waals surface area contributed by atoms with Crippen LogP contribution in [0, 0.1) is 6.92 Å². The quantitative estimate of drug-likeness (QED) is 0.300. The first-order chi connectivity index (χ1) is 15.3. The molecule has 0 atom stereocenters. The zero-order chi connectivity index (χ0) is 23.0. The molecule has 4 rings (SSSR count). The zero-order valence-corrected chi connectivity index (χ0v) is 18.7. The van der Waals surface area contributed by atoms with Crippen LogP contribution in [0.3, 0.4) is 0 Å². The smallest absolute Gasteiger partial charge is 0.339 e. The van der Waals surface area contributed by atoms with Crippen LogP contribution >= 0.6 is 0 Å². The number of hydrogen-bond donors (Lipinski definition) is 1. The van der Waals surface area contributed by atoms with Crippen molar-refractivity contribution in [2.75, 3.05) is 0 Å². The number of furan rings is 1. The molecule has 0 aliphatic carbocycles. The second kappa shape index (κ2) is 8.46. The zero-order valence-electron chi connectivity index (χ0n) is 18.7. The first kappa shape index (κ1) is 21.6. The summed E-state index contributed by atoms with van der Waals surface area (Å²) in [4.78, 5) is 28.5. The Morgan fingerprint density at radius 3 is 2.66 bits per heavy atom. The summed E-state index contributed by atoms with van der Waals surface area (Å²) in [6.45, 7) is 8.60. The molecular weight excluding hydrogens is 404 g/mol. The van der Waals surface area contributed by atoms with E-state index in [1.807, 2.05) is 12.1 Å². The lowest BCUT2D eigenvalue weighted by Gasteiger charge is -2.15. The summed E-state index contributed by atoms with van der Waals surface area (Å²) in [5.41, 5.74) is 5.90. The van der Waals surface area contributed by atoms with Crippen LogP contribution in [0.2, 0.25) is 0 Å². The summed E-state index contributed by atoms with van der Waals surface area (Å²) < 4.78 is 7.42. The third kappa shape index (κ3) is 3.96. The van der Waals surface area contributed by atoms with Gasteiger partial charge in [-0.05, 0) is 58.7 Å². The predicted octanol–water partition coefficient (Wildman–Crippen LogP) is 6.00. The van der Waals surface area contributed by atoms with Crippen LogP contribution in [0.25, 0.3) is 33.0 Å². The topological polar surface area (TPSA) is 85.3 Å². The van der Waals surface area contributed by atoms with Crippen LogP contribution in [0.5, 0.6) is 0 Å². The number of benzene rings is 2. The standard InChI is InChI=1S/C26H26N2O4/c1-15(2)7-5-8-16(3)11-12-28-21-10-6-9-18(25(29)30)24(21)27-20-14-23-19(13-22(20)28)17(4)26(31)32-23/h6-7,9-11,13-14H,5,8,12H2,1-4H3,(H,29,30). The highest BCUT2D eigenvalue weighted by Gasteiger charge is 2.16. The Balaban J connectivity index is 1.94. The monoisotopic (exact) mass is 430 g/mol. The van der Waals surface area contributed by atoms with Crippen molar-refractivity contribution in [3.8, 4) is 0 Å². The van der Waals surface area contributed by atoms with Gasteiger partial charge in [-0.25, -0.2) is 14.6 Å². The number of rotatable bonds is 6. The van der Waals surface area contributed by atoms with E-state index in [1.165, 1.54) is 11.1 Å². The highest BCUT2D eigenvalue weighted by Crippen LogP contribution is 2.28. The summed E-state index contributed by atoms with van der Waals surface area (Å²) in [5, 5.41) is 10.4. The molecule has 2 aromatic heterocycles. The van der Waals surface area contributed by atoms with E-state index in [1.54, 1.807) is 25.1 Å². The lowest BCUT2D eigenvalue weighted by atomic mass is 10.1. The number of aromatic nitrogens is 2. The number of aromatic carboxylic acids is 1. The number of carbonyl (C=O) groups is 1. The van der Waals surface area contributed by atoms with E-state index in [0.29, 0.717) is 28.7 Å². The Bertz CT molecular complexity index is 1480. The van der Waals surface area contributed by atoms with E-state index in [0.717, 1.165) is 29.3 Å². The minimum absolute atomic E-state index is 0.141. The molecule has 0 saturated heterocycles. The van der Waals surface area contributed by atoms with Crippen molar-refractivity contribution >= 4 is 39.0 Å². The lowest BCUT2D eigenvalue weighted by Crippen LogP contribution is -2.07. The fourth-order valence-electron chi connectivity index (χ4n) is 3.95. The fourth-order valence-corrected chi connectivity index (χ4v) is 3.95. The van der Waals surface area contributed by atoms with Crippen molar-refractivity contribution in [3.63, 3.8) is 0 Å². The summed E-state index contributed by atoms with van der Waals surface area (Å²) in [5.74, 6) is -1.03. The molecule has 2 heterocycles. The van der Waals surface area contributed by atoms with Gasteiger partial charge in [0.1, 0.15) is 11.1 Å². The Labute approximate surface area is 185 Å². The Hall–Kier alpha value is -3.67. The molecule has 32 heavy (non-hydrogen) atoms. The molecule has 0 fully saturated rings. The average Bonchev–Trinajstić information content (AvgIpc) is 3.01. The van der Waals surface area contributed by atoms with Crippen molar-refractivity contribution in [2.45, 2.75) is 47.1 Å². The molecule has 0 spiro atoms. The largest absolute Gasteiger partial charge is 0.478 e. The van der Waals surface area contributed by atoms with Gasteiger partial charge in [-0.1, -0.05) is 29.4 Å². The summed E-state index contributed by atoms with van der Waals surface area (Å²) in [6.07, 6.45) is 6.32. The second-order valence-electron chi connectivity index (χ2n) is 8.42. The summed E-state index contributed by atoms with van der Waals surface area (Å²) in [6, 6.07) is 8.81. The van der Waals surface area contributed by atoms with E-state index in [-0.39, 0.29) is 11.2 Å². The molecule has 0 aliphatic rings. The molecule has 0 radical (unpaired) electrons. The number of para-hydroxylation sites is 1. The molecule has 0 bridgehead atoms. The highest BCUT2D eigenvalue weighted by atomic mass is 16.4. The SMILES string of the molecule is CC(C)=CCCC(C)=CCn1c2cc3c(C)c(=O)oc3cc2nc2c(C(=O)O)cccc21. The van der Waals surface area contributed by atoms with E-state index < -0.39 is 5.97 Å². The molecule has 1 N–H and O–H groups in total. The third-order valence-electron chi connectivity index (χ3n) is 5.76. The van der Waals surface area contributed by atoms with Gasteiger partial charge in [0.25, 0.3) is 0 Å². The van der Waals surface area contributed by atoms with Crippen LogP contribution in [-0.4, -0.2) is 20.6 Å². The van der Waals surface area contributed by atoms with Gasteiger partial charge < -0.3 is 14.1 Å². The molecule has 6 nitrogen and oxygen atoms in total. The minimum atomic E-state index is -1.03. The molecule has 0 unspecified atom stereocenters. The van der Waals surface area contributed by atoms with Crippen LogP contribution in [0.4, 0.5) is 0 Å². The van der Waals surface area contributed by atoms with Gasteiger partial charge in [-0.3, -0.25) is 0 Å². The molecule has 164 valence electrons. The molecule has 6 heteroatoms. The Morgan fingerprint density at radius 2 is 1.94 bits per heavy atom. The van der Waals surface area contributed by atoms with Crippen molar-refractivity contribution < 1.29 is 14.3 Å². The number of nitrogens with zero attached hydrogens (tertiary/aromatic N) is 2. The van der Waals surface area contributed by atoms with Crippen molar-refractivity contribution in [3.05, 3.63) is 75.2 Å². The lowest BCUT2D eigenvalue weighted by molar-refractivity contribution is 0.0699. The maximum Gasteiger partial charge on any atom is 0.339 e. The Kier molecular flexibility index (Phi) is 5.70. The fraction of sp³-hybridized carbons (Fsp3) is 0.269. The number of carboxylic acid groups (broad SMARTS) is 1. The van der Waals surface area contributed by atoms with Crippen LogP contribution in [-0.2, 0) is 6.54 Å². The number of hydrogen-bond acceptors (Lipinski definition) is 4. The maximum atomic E-state index is 12.1. The van der Waals surface area contributed by atoms with Crippen molar-refractivity contribution in [1.29, 1.82) is 0 Å². The molecule has 4 aromatic rings. The van der Waals surface area contributed by atoms with Crippen LogP contribution < -0.4 is 5.63 Å². The number of allylic oxidation sites excluding steroid dienone is 4. The summed E-state index contributed by atoms with van der Waals surface area (Å²) in [7, 11) is 0. The van der Waals surface area contributed by atoms with Crippen molar-refractivity contribution in [1.82, 2.24) is 9.55 Å². The first-order valence-electron chi connectivity index (χ1n) is 10.6. The van der Waals surface area contributed by atoms with Gasteiger partial charge >= 0.3 is 11.6 Å². The second-order valence-corrected chi connectivity index (χ2v) is 8.42. The van der Waals surface area contributed by atoms with Gasteiger partial charge in [-0.2, -0.15) is 0 Å². The van der Waals surface area contributed by atoms with E-state index in [2.05, 4.69) is 42.5 Å². The van der Waals surface area contributed by atoms with Gasteiger partial charge in [0.2, 0.25) is 0 Å². The first-order valence-corrected chi connectivity index (χ1v) is 10.6. The molecular formula is C26H26N2O4. The Morgan fingerprint density at radius 1 is 1.16 bits per heavy atom. The molecule has 0 aliphatic heterocycles. The number of aryl methyl sites for hydroxylation is 1. The normalized spacial score (nSPS) is 12.1. The average molecular weight is 431 g/mol. The highest BCUT2D eigenvalue weighted by molar-refractivity contribution is 6.04. The van der Waals surface area contributed by atoms with E-state index in [9.17, 15) is 14.7 Å². The van der Waals surface area contributed by atoms with Gasteiger partial charge in [0.05, 0.1) is 22.1 Å². The third-order valence-corrected chi connectivity index (χ3v) is 5.76. The molecule has 2 aromatic carbocycles. The molecule has 0 amide bonds. The van der Waals surface area contributed by atoms with Crippen LogP contribution in [0.1, 0.15) is 49.5 Å². The van der Waals surface area contributed by atoms with Gasteiger partial charge in [-0.15, -0.1) is 0 Å². The number of carboxylic acids is 1. The van der Waals surface area contributed by atoms with Gasteiger partial charge in [0.15, 0.2) is 0 Å². The van der Waals surface area contributed by atoms with E-state index in [4.69, 9.17) is 4.42 Å². The predicted molar refractivity (Wildman–Crippen MR) is 127 cm³/mol. The minimum Gasteiger partial charge on any atom is -0.478 e.